The number of hydrogen-bond acceptors (Lipinski definition) is 2. The highest BCUT2D eigenvalue weighted by molar-refractivity contribution is 4.70. The van der Waals surface area contributed by atoms with E-state index in [1.54, 1.807) is 0 Å². The van der Waals surface area contributed by atoms with Crippen molar-refractivity contribution in [3.8, 4) is 0 Å². The molecule has 15 heavy (non-hydrogen) atoms. The molecule has 2 heteroatoms. The standard InChI is InChI=1S/C13H28N2/c1-12(11-14)7-6-10-15-13-8-4-2-3-5-9-13/h12-13,15H,2-11,14H2,1H3. The molecule has 0 aromatic heterocycles. The van der Waals surface area contributed by atoms with Gasteiger partial charge >= 0.3 is 0 Å². The van der Waals surface area contributed by atoms with Gasteiger partial charge in [-0.25, -0.2) is 0 Å². The summed E-state index contributed by atoms with van der Waals surface area (Å²) >= 11 is 0. The molecule has 0 amide bonds. The Kier molecular flexibility index (Phi) is 7.03. The van der Waals surface area contributed by atoms with Crippen molar-refractivity contribution in [2.24, 2.45) is 11.7 Å². The van der Waals surface area contributed by atoms with Crippen molar-refractivity contribution >= 4 is 0 Å². The molecule has 0 bridgehead atoms. The van der Waals surface area contributed by atoms with Gasteiger partial charge in [-0.3, -0.25) is 0 Å². The molecule has 0 aromatic carbocycles. The maximum absolute atomic E-state index is 5.60. The van der Waals surface area contributed by atoms with Crippen LogP contribution in [0.15, 0.2) is 0 Å². The highest BCUT2D eigenvalue weighted by Gasteiger charge is 2.10. The van der Waals surface area contributed by atoms with E-state index < -0.39 is 0 Å². The Hall–Kier alpha value is -0.0800. The Morgan fingerprint density at radius 3 is 2.47 bits per heavy atom. The van der Waals surface area contributed by atoms with Gasteiger partial charge < -0.3 is 11.1 Å². The maximum atomic E-state index is 5.60. The molecular formula is C13H28N2. The van der Waals surface area contributed by atoms with Gasteiger partial charge in [0, 0.05) is 6.04 Å². The van der Waals surface area contributed by atoms with Crippen molar-refractivity contribution in [3.63, 3.8) is 0 Å². The molecule has 1 atom stereocenters. The van der Waals surface area contributed by atoms with Gasteiger partial charge in [0.25, 0.3) is 0 Å². The molecule has 0 heterocycles. The SMILES string of the molecule is CC(CN)CCCNC1CCCCCC1. The molecule has 0 aliphatic heterocycles. The highest BCUT2D eigenvalue weighted by Crippen LogP contribution is 2.17. The van der Waals surface area contributed by atoms with Crippen LogP contribution in [-0.2, 0) is 0 Å². The maximum Gasteiger partial charge on any atom is 0.00670 e. The van der Waals surface area contributed by atoms with Crippen molar-refractivity contribution in [2.75, 3.05) is 13.1 Å². The predicted octanol–water partition coefficient (Wildman–Crippen LogP) is 2.67. The summed E-state index contributed by atoms with van der Waals surface area (Å²) in [6, 6.07) is 0.806. The number of rotatable bonds is 6. The van der Waals surface area contributed by atoms with Crippen LogP contribution in [0.3, 0.4) is 0 Å². The summed E-state index contributed by atoms with van der Waals surface area (Å²) in [6.45, 7) is 4.27. The third-order valence-electron chi connectivity index (χ3n) is 3.56. The second kappa shape index (κ2) is 8.12. The molecular weight excluding hydrogens is 184 g/mol. The number of hydrogen-bond donors (Lipinski definition) is 2. The van der Waals surface area contributed by atoms with Crippen molar-refractivity contribution < 1.29 is 0 Å². The number of nitrogens with one attached hydrogen (secondary N) is 1. The van der Waals surface area contributed by atoms with Gasteiger partial charge in [-0.05, 0) is 44.7 Å². The molecule has 0 saturated heterocycles. The van der Waals surface area contributed by atoms with Gasteiger partial charge in [0.15, 0.2) is 0 Å². The molecule has 0 radical (unpaired) electrons. The van der Waals surface area contributed by atoms with E-state index in [2.05, 4.69) is 12.2 Å². The van der Waals surface area contributed by atoms with Crippen molar-refractivity contribution in [3.05, 3.63) is 0 Å². The molecule has 0 aromatic rings. The third kappa shape index (κ3) is 6.16. The third-order valence-corrected chi connectivity index (χ3v) is 3.56. The predicted molar refractivity (Wildman–Crippen MR) is 66.9 cm³/mol. The summed E-state index contributed by atoms with van der Waals surface area (Å²) in [6.07, 6.45) is 11.1. The van der Waals surface area contributed by atoms with Crippen molar-refractivity contribution in [1.29, 1.82) is 0 Å². The van der Waals surface area contributed by atoms with Crippen LogP contribution in [0.5, 0.6) is 0 Å². The van der Waals surface area contributed by atoms with Crippen LogP contribution < -0.4 is 11.1 Å². The fourth-order valence-electron chi connectivity index (χ4n) is 2.36. The van der Waals surface area contributed by atoms with Crippen LogP contribution in [0.25, 0.3) is 0 Å². The Labute approximate surface area is 95.0 Å². The lowest BCUT2D eigenvalue weighted by Gasteiger charge is -2.16. The minimum Gasteiger partial charge on any atom is -0.330 e. The first-order valence-electron chi connectivity index (χ1n) is 6.76. The molecule has 1 unspecified atom stereocenters. The topological polar surface area (TPSA) is 38.0 Å². The largest absolute Gasteiger partial charge is 0.330 e. The van der Waals surface area contributed by atoms with Gasteiger partial charge in [0.1, 0.15) is 0 Å². The molecule has 1 rings (SSSR count). The molecule has 3 N–H and O–H groups in total. The first-order chi connectivity index (χ1) is 7.33. The Morgan fingerprint density at radius 2 is 1.87 bits per heavy atom. The summed E-state index contributed by atoms with van der Waals surface area (Å²) in [4.78, 5) is 0. The summed E-state index contributed by atoms with van der Waals surface area (Å²) in [5.74, 6) is 0.695. The van der Waals surface area contributed by atoms with Crippen molar-refractivity contribution in [2.45, 2.75) is 64.3 Å². The van der Waals surface area contributed by atoms with Gasteiger partial charge in [-0.2, -0.15) is 0 Å². The van der Waals surface area contributed by atoms with Crippen LogP contribution in [0.2, 0.25) is 0 Å². The molecule has 1 aliphatic rings. The van der Waals surface area contributed by atoms with Gasteiger partial charge in [0.2, 0.25) is 0 Å². The van der Waals surface area contributed by atoms with Crippen LogP contribution in [0, 0.1) is 5.92 Å². The van der Waals surface area contributed by atoms with Gasteiger partial charge in [-0.1, -0.05) is 32.6 Å². The molecule has 0 spiro atoms. The quantitative estimate of drug-likeness (QED) is 0.525. The van der Waals surface area contributed by atoms with E-state index in [1.807, 2.05) is 0 Å². The lowest BCUT2D eigenvalue weighted by Crippen LogP contribution is -2.29. The summed E-state index contributed by atoms with van der Waals surface area (Å²) < 4.78 is 0. The van der Waals surface area contributed by atoms with Gasteiger partial charge in [-0.15, -0.1) is 0 Å². The molecule has 90 valence electrons. The minimum absolute atomic E-state index is 0.695. The van der Waals surface area contributed by atoms with Crippen LogP contribution in [0.1, 0.15) is 58.3 Å². The Balaban J connectivity index is 1.98. The summed E-state index contributed by atoms with van der Waals surface area (Å²) in [7, 11) is 0. The zero-order valence-corrected chi connectivity index (χ0v) is 10.3. The first kappa shape index (κ1) is 13.0. The smallest absolute Gasteiger partial charge is 0.00670 e. The first-order valence-corrected chi connectivity index (χ1v) is 6.76. The molecule has 1 saturated carbocycles. The Bertz CT molecular complexity index is 139. The van der Waals surface area contributed by atoms with E-state index in [4.69, 9.17) is 5.73 Å². The van der Waals surface area contributed by atoms with Gasteiger partial charge in [0.05, 0.1) is 0 Å². The summed E-state index contributed by atoms with van der Waals surface area (Å²) in [5, 5.41) is 3.70. The van der Waals surface area contributed by atoms with Crippen LogP contribution in [-0.4, -0.2) is 19.1 Å². The zero-order chi connectivity index (χ0) is 10.9. The van der Waals surface area contributed by atoms with Crippen LogP contribution >= 0.6 is 0 Å². The minimum atomic E-state index is 0.695. The fraction of sp³-hybridized carbons (Fsp3) is 1.00. The van der Waals surface area contributed by atoms with E-state index in [9.17, 15) is 0 Å². The highest BCUT2D eigenvalue weighted by atomic mass is 14.9. The van der Waals surface area contributed by atoms with E-state index in [1.165, 1.54) is 57.9 Å². The molecule has 2 nitrogen and oxygen atoms in total. The lowest BCUT2D eigenvalue weighted by molar-refractivity contribution is 0.432. The second-order valence-corrected chi connectivity index (χ2v) is 5.13. The van der Waals surface area contributed by atoms with Crippen LogP contribution in [0.4, 0.5) is 0 Å². The van der Waals surface area contributed by atoms with E-state index in [0.29, 0.717) is 5.92 Å². The zero-order valence-electron chi connectivity index (χ0n) is 10.3. The average molecular weight is 212 g/mol. The fourth-order valence-corrected chi connectivity index (χ4v) is 2.36. The monoisotopic (exact) mass is 212 g/mol. The second-order valence-electron chi connectivity index (χ2n) is 5.13. The average Bonchev–Trinajstić information content (AvgIpc) is 2.52. The van der Waals surface area contributed by atoms with E-state index >= 15 is 0 Å². The van der Waals surface area contributed by atoms with E-state index in [0.717, 1.165) is 12.6 Å². The lowest BCUT2D eigenvalue weighted by atomic mass is 10.1. The molecule has 1 fully saturated rings. The molecule has 1 aliphatic carbocycles. The van der Waals surface area contributed by atoms with E-state index in [-0.39, 0.29) is 0 Å². The normalized spacial score (nSPS) is 21.2. The number of nitrogens with two attached hydrogens (primary N) is 1. The van der Waals surface area contributed by atoms with Crippen molar-refractivity contribution in [1.82, 2.24) is 5.32 Å². The summed E-state index contributed by atoms with van der Waals surface area (Å²) in [5.41, 5.74) is 5.60. The Morgan fingerprint density at radius 1 is 1.20 bits per heavy atom.